The number of hydrogen-bond donors (Lipinski definition) is 4. The summed E-state index contributed by atoms with van der Waals surface area (Å²) >= 11 is 3.64. The van der Waals surface area contributed by atoms with Crippen LogP contribution < -0.4 is 25.1 Å². The number of amides is 1. The molecule has 2 unspecified atom stereocenters. The number of nitrogens with zero attached hydrogens (tertiary/aromatic N) is 2. The third kappa shape index (κ3) is 8.89. The first-order chi connectivity index (χ1) is 21.4. The molecule has 18 heteroatoms. The number of fused-ring (bicyclic) bond motifs is 1. The standard InChI is InChI=1S/C27H29ClN6O9S2/c1-3-42-27(37)16-5-8-18(9-6-16)43-22(25(35)31-21-15-17(33-44(38)39)7-10-20(21)28)24-32-23-19(11-13-29-23)26(36)34(24)14-4-12-30-45(2,40)41/h5-11,13,15,22,29-30,33H,3-4,12,14H2,1-2H3,(H,31,35)(H,38,39)/p-1. The maximum Gasteiger partial charge on any atom is 0.338 e. The molecule has 2 heterocycles. The summed E-state index contributed by atoms with van der Waals surface area (Å²) in [6.07, 6.45) is 1.05. The molecule has 2 aromatic heterocycles. The number of halogens is 1. The molecule has 0 aliphatic rings. The molecule has 4 rings (SSSR count). The number of nitrogens with one attached hydrogen (secondary N) is 4. The van der Waals surface area contributed by atoms with Gasteiger partial charge < -0.3 is 29.0 Å². The highest BCUT2D eigenvalue weighted by molar-refractivity contribution is 7.88. The fourth-order valence-corrected chi connectivity index (χ4v) is 5.18. The molecule has 0 fully saturated rings. The molecule has 4 N–H and O–H groups in total. The third-order valence-electron chi connectivity index (χ3n) is 6.14. The van der Waals surface area contributed by atoms with Crippen LogP contribution in [0, 0.1) is 0 Å². The van der Waals surface area contributed by atoms with Crippen LogP contribution in [0.5, 0.6) is 5.75 Å². The molecule has 0 saturated heterocycles. The molecule has 4 aromatic rings. The van der Waals surface area contributed by atoms with Crippen LogP contribution in [0.4, 0.5) is 11.4 Å². The predicted octanol–water partition coefficient (Wildman–Crippen LogP) is 2.46. The zero-order valence-electron chi connectivity index (χ0n) is 23.9. The van der Waals surface area contributed by atoms with Crippen molar-refractivity contribution < 1.29 is 36.2 Å². The molecule has 0 radical (unpaired) electrons. The van der Waals surface area contributed by atoms with E-state index in [0.29, 0.717) is 0 Å². The average molecular weight is 680 g/mol. The molecule has 15 nitrogen and oxygen atoms in total. The van der Waals surface area contributed by atoms with Crippen molar-refractivity contribution in [1.82, 2.24) is 19.3 Å². The fourth-order valence-electron chi connectivity index (χ4n) is 4.18. The lowest BCUT2D eigenvalue weighted by molar-refractivity contribution is -0.123. The van der Waals surface area contributed by atoms with Gasteiger partial charge in [-0.25, -0.2) is 22.9 Å². The van der Waals surface area contributed by atoms with E-state index in [9.17, 15) is 31.6 Å². The first-order valence-electron chi connectivity index (χ1n) is 13.3. The number of carbonyl (C=O) groups is 2. The van der Waals surface area contributed by atoms with Gasteiger partial charge in [0, 0.05) is 36.2 Å². The number of esters is 1. The Balaban J connectivity index is 1.77. The maximum atomic E-state index is 13.9. The third-order valence-corrected chi connectivity index (χ3v) is 7.60. The zero-order valence-corrected chi connectivity index (χ0v) is 26.3. The molecule has 2 atom stereocenters. The molecule has 0 bridgehead atoms. The van der Waals surface area contributed by atoms with Gasteiger partial charge in [-0.3, -0.25) is 18.4 Å². The minimum atomic E-state index is -3.49. The van der Waals surface area contributed by atoms with Gasteiger partial charge >= 0.3 is 5.97 Å². The van der Waals surface area contributed by atoms with Crippen molar-refractivity contribution in [3.63, 3.8) is 0 Å². The lowest BCUT2D eigenvalue weighted by Gasteiger charge is -2.22. The van der Waals surface area contributed by atoms with Gasteiger partial charge in [0.25, 0.3) is 11.5 Å². The van der Waals surface area contributed by atoms with Crippen molar-refractivity contribution in [3.05, 3.63) is 81.5 Å². The van der Waals surface area contributed by atoms with Crippen LogP contribution in [0.1, 0.15) is 35.6 Å². The van der Waals surface area contributed by atoms with E-state index in [-0.39, 0.29) is 70.7 Å². The second kappa shape index (κ2) is 14.7. The summed E-state index contributed by atoms with van der Waals surface area (Å²) in [5.41, 5.74) is 0.0173. The topological polar surface area (TPSA) is 214 Å². The van der Waals surface area contributed by atoms with E-state index < -0.39 is 44.8 Å². The van der Waals surface area contributed by atoms with E-state index in [1.165, 1.54) is 59.3 Å². The fraction of sp³-hybridized carbons (Fsp3) is 0.259. The van der Waals surface area contributed by atoms with Gasteiger partial charge in [-0.05, 0) is 61.9 Å². The highest BCUT2D eigenvalue weighted by Gasteiger charge is 2.30. The number of rotatable bonds is 14. The summed E-state index contributed by atoms with van der Waals surface area (Å²) in [5.74, 6) is -1.41. The van der Waals surface area contributed by atoms with E-state index >= 15 is 0 Å². The van der Waals surface area contributed by atoms with Crippen LogP contribution in [-0.4, -0.2) is 63.0 Å². The number of sulfonamides is 1. The number of carbonyl (C=O) groups excluding carboxylic acids is 2. The van der Waals surface area contributed by atoms with Crippen molar-refractivity contribution in [2.75, 3.05) is 29.4 Å². The second-order valence-electron chi connectivity index (χ2n) is 9.45. The summed E-state index contributed by atoms with van der Waals surface area (Å²) in [7, 11) is -3.49. The van der Waals surface area contributed by atoms with Crippen LogP contribution in [0.2, 0.25) is 5.02 Å². The summed E-state index contributed by atoms with van der Waals surface area (Å²) in [6, 6.07) is 11.3. The van der Waals surface area contributed by atoms with E-state index in [0.717, 1.165) is 6.26 Å². The summed E-state index contributed by atoms with van der Waals surface area (Å²) in [6.45, 7) is 1.80. The SMILES string of the molecule is CCOC(=O)c1ccc(OC(C(=O)Nc2cc(NS(=O)[O-])ccc2Cl)c2nc3[nH]ccc3c(=O)n2CCCNS(C)(=O)=O)cc1. The number of aromatic nitrogens is 3. The van der Waals surface area contributed by atoms with E-state index in [1.807, 2.05) is 0 Å². The van der Waals surface area contributed by atoms with E-state index in [1.54, 1.807) is 6.92 Å². The number of ether oxygens (including phenoxy) is 2. The van der Waals surface area contributed by atoms with Crippen molar-refractivity contribution in [2.45, 2.75) is 26.0 Å². The molecule has 0 spiro atoms. The quantitative estimate of drug-likeness (QED) is 0.0868. The summed E-state index contributed by atoms with van der Waals surface area (Å²) in [5, 5.41) is 2.89. The van der Waals surface area contributed by atoms with E-state index in [4.69, 9.17) is 21.1 Å². The van der Waals surface area contributed by atoms with Crippen LogP contribution >= 0.6 is 11.6 Å². The monoisotopic (exact) mass is 679 g/mol. The Morgan fingerprint density at radius 1 is 1.18 bits per heavy atom. The van der Waals surface area contributed by atoms with E-state index in [2.05, 4.69) is 24.7 Å². The van der Waals surface area contributed by atoms with Gasteiger partial charge in [-0.15, -0.1) is 0 Å². The Morgan fingerprint density at radius 3 is 2.58 bits per heavy atom. The highest BCUT2D eigenvalue weighted by atomic mass is 35.5. The first kappa shape index (κ1) is 33.6. The van der Waals surface area contributed by atoms with Crippen LogP contribution in [0.3, 0.4) is 0 Å². The first-order valence-corrected chi connectivity index (χ1v) is 16.6. The number of benzene rings is 2. The largest absolute Gasteiger partial charge is 0.755 e. The van der Waals surface area contributed by atoms with Gasteiger partial charge in [-0.1, -0.05) is 11.6 Å². The zero-order chi connectivity index (χ0) is 32.7. The van der Waals surface area contributed by atoms with Gasteiger partial charge in [0.1, 0.15) is 11.4 Å². The minimum Gasteiger partial charge on any atom is -0.755 e. The average Bonchev–Trinajstić information content (AvgIpc) is 3.45. The van der Waals surface area contributed by atoms with Crippen molar-refractivity contribution in [2.24, 2.45) is 0 Å². The highest BCUT2D eigenvalue weighted by Crippen LogP contribution is 2.29. The maximum absolute atomic E-state index is 13.9. The van der Waals surface area contributed by atoms with Crippen LogP contribution in [0.15, 0.2) is 59.5 Å². The number of hydrogen-bond acceptors (Lipinski definition) is 10. The lowest BCUT2D eigenvalue weighted by atomic mass is 10.2. The van der Waals surface area contributed by atoms with Gasteiger partial charge in [0.15, 0.2) is 5.82 Å². The molecule has 2 aromatic carbocycles. The molecule has 0 aliphatic heterocycles. The molecule has 0 saturated carbocycles. The van der Waals surface area contributed by atoms with Crippen molar-refractivity contribution in [1.29, 1.82) is 0 Å². The van der Waals surface area contributed by atoms with Crippen molar-refractivity contribution >= 4 is 67.2 Å². The summed E-state index contributed by atoms with van der Waals surface area (Å²) < 4.78 is 62.2. The molecular weight excluding hydrogens is 652 g/mol. The molecule has 1 amide bonds. The van der Waals surface area contributed by atoms with Gasteiger partial charge in [0.05, 0.1) is 34.5 Å². The predicted molar refractivity (Wildman–Crippen MR) is 166 cm³/mol. The summed E-state index contributed by atoms with van der Waals surface area (Å²) in [4.78, 5) is 46.9. The van der Waals surface area contributed by atoms with Gasteiger partial charge in [0.2, 0.25) is 16.1 Å². The van der Waals surface area contributed by atoms with Gasteiger partial charge in [-0.2, -0.15) is 0 Å². The Kier molecular flexibility index (Phi) is 10.9. The molecule has 0 aliphatic carbocycles. The number of H-pyrrole nitrogens is 1. The number of aromatic amines is 1. The lowest BCUT2D eigenvalue weighted by Crippen LogP contribution is -2.35. The molecule has 240 valence electrons. The molecule has 45 heavy (non-hydrogen) atoms. The van der Waals surface area contributed by atoms with Crippen LogP contribution in [0.25, 0.3) is 11.0 Å². The Labute approximate surface area is 264 Å². The van der Waals surface area contributed by atoms with Crippen molar-refractivity contribution in [3.8, 4) is 5.75 Å². The Bertz CT molecular complexity index is 1890. The smallest absolute Gasteiger partial charge is 0.338 e. The Morgan fingerprint density at radius 2 is 1.91 bits per heavy atom. The second-order valence-corrected chi connectivity index (χ2v) is 12.4. The Hall–Kier alpha value is -4.29. The van der Waals surface area contributed by atoms with Crippen LogP contribution in [-0.2, 0) is 37.4 Å². The normalized spacial score (nSPS) is 12.8. The minimum absolute atomic E-state index is 0.000580. The number of anilines is 2. The molecular formula is C27H28ClN6O9S2-.